The summed E-state index contributed by atoms with van der Waals surface area (Å²) in [5.41, 5.74) is 0.230. The van der Waals surface area contributed by atoms with Crippen LogP contribution < -0.4 is 4.65 Å². The highest BCUT2D eigenvalue weighted by atomic mass is 19.1. The summed E-state index contributed by atoms with van der Waals surface area (Å²) in [6.07, 6.45) is 1.86. The number of hydrogen-bond donors (Lipinski definition) is 1. The first-order valence-corrected chi connectivity index (χ1v) is 9.16. The number of carbonyl (C=O) groups is 3. The molecule has 2 fully saturated rings. The summed E-state index contributed by atoms with van der Waals surface area (Å²) in [5.74, 6) is -2.85. The molecule has 1 aromatic rings. The first-order valence-electron chi connectivity index (χ1n) is 9.16. The maximum absolute atomic E-state index is 14.3. The fourth-order valence-corrected chi connectivity index (χ4v) is 3.98. The van der Waals surface area contributed by atoms with Gasteiger partial charge in [0.05, 0.1) is 0 Å². The van der Waals surface area contributed by atoms with Crippen molar-refractivity contribution in [2.24, 2.45) is 0 Å². The molecule has 3 aliphatic rings. The van der Waals surface area contributed by atoms with Gasteiger partial charge in [0.15, 0.2) is 0 Å². The van der Waals surface area contributed by atoms with Crippen LogP contribution in [0.5, 0.6) is 5.75 Å². The molecule has 2 aliphatic heterocycles. The molecule has 1 aromatic carbocycles. The lowest BCUT2D eigenvalue weighted by atomic mass is 9.77. The monoisotopic (exact) mass is 391 g/mol. The van der Waals surface area contributed by atoms with E-state index in [9.17, 15) is 23.8 Å². The van der Waals surface area contributed by atoms with Crippen LogP contribution in [0, 0.1) is 5.82 Å². The van der Waals surface area contributed by atoms with Crippen molar-refractivity contribution < 1.29 is 37.9 Å². The first kappa shape index (κ1) is 18.7. The predicted molar refractivity (Wildman–Crippen MR) is 92.9 cm³/mol. The van der Waals surface area contributed by atoms with Crippen LogP contribution in [0.3, 0.4) is 0 Å². The third-order valence-electron chi connectivity index (χ3n) is 5.51. The van der Waals surface area contributed by atoms with Crippen molar-refractivity contribution >= 4 is 25.0 Å². The number of halogens is 1. The highest BCUT2D eigenvalue weighted by Crippen LogP contribution is 2.60. The topological polar surface area (TPSA) is 102 Å². The molecule has 0 spiro atoms. The summed E-state index contributed by atoms with van der Waals surface area (Å²) < 4.78 is 29.4. The largest absolute Gasteiger partial charge is 0.535 e. The Morgan fingerprint density at radius 2 is 2.14 bits per heavy atom. The minimum absolute atomic E-state index is 0.0267. The second-order valence-corrected chi connectivity index (χ2v) is 7.24. The molecule has 28 heavy (non-hydrogen) atoms. The van der Waals surface area contributed by atoms with Gasteiger partial charge in [-0.1, -0.05) is 6.07 Å². The lowest BCUT2D eigenvalue weighted by Crippen LogP contribution is -2.40. The van der Waals surface area contributed by atoms with Crippen LogP contribution in [-0.2, 0) is 19.1 Å². The Balaban J connectivity index is 1.40. The smallest absolute Gasteiger partial charge is 0.526 e. The zero-order chi connectivity index (χ0) is 20.0. The van der Waals surface area contributed by atoms with E-state index in [2.05, 4.69) is 0 Å². The van der Waals surface area contributed by atoms with Crippen LogP contribution in [0.2, 0.25) is 5.82 Å². The quantitative estimate of drug-likeness (QED) is 0.468. The molecule has 0 bridgehead atoms. The van der Waals surface area contributed by atoms with E-state index in [0.29, 0.717) is 31.4 Å². The van der Waals surface area contributed by atoms with E-state index in [1.165, 1.54) is 17.9 Å². The van der Waals surface area contributed by atoms with Crippen molar-refractivity contribution in [1.29, 1.82) is 0 Å². The molecule has 0 radical (unpaired) electrons. The second-order valence-electron chi connectivity index (χ2n) is 7.24. The molecule has 1 saturated heterocycles. The number of nitrogens with zero attached hydrogens (tertiary/aromatic N) is 1. The van der Waals surface area contributed by atoms with Crippen LogP contribution >= 0.6 is 0 Å². The lowest BCUT2D eigenvalue weighted by molar-refractivity contribution is -0.160. The zero-order valence-electron chi connectivity index (χ0n) is 15.2. The average molecular weight is 391 g/mol. The number of amides is 1. The summed E-state index contributed by atoms with van der Waals surface area (Å²) in [6, 6.07) is 1.98. The van der Waals surface area contributed by atoms with Crippen LogP contribution in [0.15, 0.2) is 12.1 Å². The molecule has 8 nitrogen and oxygen atoms in total. The summed E-state index contributed by atoms with van der Waals surface area (Å²) >= 11 is 0. The van der Waals surface area contributed by atoms with E-state index in [0.717, 1.165) is 6.07 Å². The maximum atomic E-state index is 14.3. The number of carbonyl (C=O) groups excluding carboxylic acids is 3. The SMILES string of the molecule is CC(=O)N1CCC[C@@H]1C(=O)OCOC(=O)c1c(F)ccc2c1OB(O)[C@@H]1C[C@H]21. The van der Waals surface area contributed by atoms with Gasteiger partial charge in [0, 0.05) is 19.3 Å². The number of esters is 2. The van der Waals surface area contributed by atoms with Crippen molar-refractivity contribution in [2.45, 2.75) is 44.0 Å². The highest BCUT2D eigenvalue weighted by Gasteiger charge is 2.54. The average Bonchev–Trinajstić information content (AvgIpc) is 3.29. The van der Waals surface area contributed by atoms with Gasteiger partial charge in [-0.2, -0.15) is 0 Å². The highest BCUT2D eigenvalue weighted by molar-refractivity contribution is 6.48. The molecule has 1 amide bonds. The van der Waals surface area contributed by atoms with E-state index >= 15 is 0 Å². The second kappa shape index (κ2) is 7.08. The third kappa shape index (κ3) is 3.21. The Kier molecular flexibility index (Phi) is 4.74. The van der Waals surface area contributed by atoms with Crippen molar-refractivity contribution in [1.82, 2.24) is 4.90 Å². The van der Waals surface area contributed by atoms with E-state index < -0.39 is 43.3 Å². The van der Waals surface area contributed by atoms with Crippen molar-refractivity contribution in [2.75, 3.05) is 13.3 Å². The number of rotatable bonds is 4. The van der Waals surface area contributed by atoms with E-state index in [1.54, 1.807) is 0 Å². The zero-order valence-corrected chi connectivity index (χ0v) is 15.2. The number of likely N-dealkylation sites (tertiary alicyclic amines) is 1. The van der Waals surface area contributed by atoms with E-state index in [4.69, 9.17) is 14.1 Å². The van der Waals surface area contributed by atoms with E-state index in [1.807, 2.05) is 0 Å². The maximum Gasteiger partial charge on any atom is 0.526 e. The number of benzene rings is 1. The Hall–Kier alpha value is -2.62. The van der Waals surface area contributed by atoms with Gasteiger partial charge in [0.2, 0.25) is 12.7 Å². The molecule has 0 unspecified atom stereocenters. The van der Waals surface area contributed by atoms with Crippen LogP contribution in [0.25, 0.3) is 0 Å². The fraction of sp³-hybridized carbons (Fsp3) is 0.500. The summed E-state index contributed by atoms with van der Waals surface area (Å²) in [7, 11) is -1.09. The lowest BCUT2D eigenvalue weighted by Gasteiger charge is -2.22. The normalized spacial score (nSPS) is 24.8. The van der Waals surface area contributed by atoms with Gasteiger partial charge in [-0.15, -0.1) is 0 Å². The van der Waals surface area contributed by atoms with Gasteiger partial charge < -0.3 is 24.1 Å². The molecular weight excluding hydrogens is 372 g/mol. The number of fused-ring (bicyclic) bond motifs is 3. The van der Waals surface area contributed by atoms with Crippen LogP contribution in [0.4, 0.5) is 4.39 Å². The van der Waals surface area contributed by atoms with Gasteiger partial charge in [-0.25, -0.2) is 14.0 Å². The molecular formula is C18H19BFNO7. The van der Waals surface area contributed by atoms with Crippen molar-refractivity contribution in [3.63, 3.8) is 0 Å². The summed E-state index contributed by atoms with van der Waals surface area (Å²) in [4.78, 5) is 37.4. The summed E-state index contributed by atoms with van der Waals surface area (Å²) in [5, 5.41) is 9.90. The van der Waals surface area contributed by atoms with E-state index in [-0.39, 0.29) is 23.4 Å². The standard InChI is InChI=1S/C18H19BFNO7/c1-9(22)21-6-2-3-14(21)17(23)26-8-27-18(24)15-13(20)5-4-10-11-7-12(11)19(25)28-16(10)15/h4-5,11-12,14,25H,2-3,6-8H2,1H3/t11-,12-,14-/m1/s1. The third-order valence-corrected chi connectivity index (χ3v) is 5.51. The molecule has 2 heterocycles. The number of ether oxygens (including phenoxy) is 2. The number of hydrogen-bond acceptors (Lipinski definition) is 7. The molecule has 3 atom stereocenters. The Labute approximate surface area is 160 Å². The van der Waals surface area contributed by atoms with Gasteiger partial charge in [0.25, 0.3) is 0 Å². The Morgan fingerprint density at radius 1 is 1.36 bits per heavy atom. The molecule has 148 valence electrons. The predicted octanol–water partition coefficient (Wildman–Crippen LogP) is 1.22. The molecule has 1 aliphatic carbocycles. The van der Waals surface area contributed by atoms with Crippen LogP contribution in [-0.4, -0.2) is 54.3 Å². The first-order chi connectivity index (χ1) is 13.4. The molecule has 10 heteroatoms. The minimum atomic E-state index is -1.09. The van der Waals surface area contributed by atoms with Gasteiger partial charge in [-0.05, 0) is 36.8 Å². The van der Waals surface area contributed by atoms with Crippen LogP contribution in [0.1, 0.15) is 48.0 Å². The van der Waals surface area contributed by atoms with Gasteiger partial charge >= 0.3 is 19.1 Å². The molecule has 1 saturated carbocycles. The molecule has 4 rings (SSSR count). The Morgan fingerprint density at radius 3 is 2.89 bits per heavy atom. The van der Waals surface area contributed by atoms with Gasteiger partial charge in [0.1, 0.15) is 23.2 Å². The van der Waals surface area contributed by atoms with Gasteiger partial charge in [-0.3, -0.25) is 4.79 Å². The fourth-order valence-electron chi connectivity index (χ4n) is 3.98. The summed E-state index contributed by atoms with van der Waals surface area (Å²) in [6.45, 7) is 1.13. The van der Waals surface area contributed by atoms with Crippen molar-refractivity contribution in [3.8, 4) is 5.75 Å². The molecule has 1 N–H and O–H groups in total. The minimum Gasteiger partial charge on any atom is -0.535 e. The van der Waals surface area contributed by atoms with Crippen molar-refractivity contribution in [3.05, 3.63) is 29.1 Å². The Bertz CT molecular complexity index is 847. The molecule has 0 aromatic heterocycles.